The normalized spacial score (nSPS) is 10.8. The minimum Gasteiger partial charge on any atom is -0.505 e. The van der Waals surface area contributed by atoms with Crippen molar-refractivity contribution in [2.24, 2.45) is 0 Å². The summed E-state index contributed by atoms with van der Waals surface area (Å²) in [4.78, 5) is 15.1. The molecule has 0 fully saturated rings. The monoisotopic (exact) mass is 541 g/mol. The Balaban J connectivity index is 1.62. The van der Waals surface area contributed by atoms with Gasteiger partial charge in [0.2, 0.25) is 5.88 Å². The Kier molecular flexibility index (Phi) is 8.31. The van der Waals surface area contributed by atoms with E-state index in [9.17, 15) is 9.90 Å². The standard InChI is InChI=1S/C27H22Cl3N3O3/c1-33(16-18-5-3-2-4-6-18)27(35)21-15-24(19-13-22(29)25(34)23(30)14-19)31-32-26(21)36-12-11-17-7-9-20(28)10-8-17/h2-10,13-15,34H,11-12,16H2,1H3. The third-order valence-electron chi connectivity index (χ3n) is 5.46. The molecule has 0 atom stereocenters. The number of carbonyl (C=O) groups is 1. The van der Waals surface area contributed by atoms with E-state index < -0.39 is 0 Å². The maximum Gasteiger partial charge on any atom is 0.259 e. The highest BCUT2D eigenvalue weighted by atomic mass is 35.5. The van der Waals surface area contributed by atoms with Gasteiger partial charge in [0.15, 0.2) is 5.75 Å². The number of hydrogen-bond donors (Lipinski definition) is 1. The van der Waals surface area contributed by atoms with Gasteiger partial charge in [-0.2, -0.15) is 0 Å². The van der Waals surface area contributed by atoms with E-state index in [-0.39, 0.29) is 39.8 Å². The summed E-state index contributed by atoms with van der Waals surface area (Å²) in [6.07, 6.45) is 0.595. The van der Waals surface area contributed by atoms with Crippen LogP contribution in [-0.4, -0.2) is 39.8 Å². The Labute approximate surface area is 224 Å². The summed E-state index contributed by atoms with van der Waals surface area (Å²) in [5, 5.41) is 19.1. The Morgan fingerprint density at radius 3 is 2.25 bits per heavy atom. The van der Waals surface area contributed by atoms with Crippen LogP contribution in [0.3, 0.4) is 0 Å². The van der Waals surface area contributed by atoms with Gasteiger partial charge in [-0.15, -0.1) is 10.2 Å². The minimum absolute atomic E-state index is 0.0664. The Morgan fingerprint density at radius 2 is 1.58 bits per heavy atom. The van der Waals surface area contributed by atoms with Gasteiger partial charge in [0, 0.05) is 30.6 Å². The molecule has 0 saturated carbocycles. The first-order chi connectivity index (χ1) is 17.3. The van der Waals surface area contributed by atoms with Crippen LogP contribution in [0.25, 0.3) is 11.3 Å². The highest BCUT2D eigenvalue weighted by Gasteiger charge is 2.21. The lowest BCUT2D eigenvalue weighted by atomic mass is 10.1. The van der Waals surface area contributed by atoms with Crippen LogP contribution in [0.1, 0.15) is 21.5 Å². The second-order valence-corrected chi connectivity index (χ2v) is 9.36. The lowest BCUT2D eigenvalue weighted by molar-refractivity contribution is 0.0779. The summed E-state index contributed by atoms with van der Waals surface area (Å²) in [6.45, 7) is 0.688. The average Bonchev–Trinajstić information content (AvgIpc) is 2.88. The molecule has 184 valence electrons. The molecule has 0 aliphatic rings. The minimum atomic E-state index is -0.285. The number of nitrogens with zero attached hydrogens (tertiary/aromatic N) is 3. The SMILES string of the molecule is CN(Cc1ccccc1)C(=O)c1cc(-c2cc(Cl)c(O)c(Cl)c2)nnc1OCCc1ccc(Cl)cc1. The molecule has 4 aromatic rings. The summed E-state index contributed by atoms with van der Waals surface area (Å²) >= 11 is 18.1. The molecule has 0 spiro atoms. The summed E-state index contributed by atoms with van der Waals surface area (Å²) in [5.74, 6) is -0.392. The van der Waals surface area contributed by atoms with Crippen LogP contribution in [0, 0.1) is 0 Å². The second kappa shape index (κ2) is 11.6. The number of halogens is 3. The summed E-state index contributed by atoms with van der Waals surface area (Å²) in [6, 6.07) is 21.7. The molecule has 9 heteroatoms. The number of carbonyl (C=O) groups excluding carboxylic acids is 1. The van der Waals surface area contributed by atoms with Gasteiger partial charge < -0.3 is 14.7 Å². The number of rotatable bonds is 8. The number of hydrogen-bond acceptors (Lipinski definition) is 5. The molecule has 1 N–H and O–H groups in total. The van der Waals surface area contributed by atoms with Gasteiger partial charge in [-0.1, -0.05) is 77.3 Å². The van der Waals surface area contributed by atoms with Crippen LogP contribution in [0.4, 0.5) is 0 Å². The zero-order valence-corrected chi connectivity index (χ0v) is 21.6. The number of amides is 1. The highest BCUT2D eigenvalue weighted by molar-refractivity contribution is 6.37. The third-order valence-corrected chi connectivity index (χ3v) is 6.28. The van der Waals surface area contributed by atoms with Crippen molar-refractivity contribution in [3.05, 3.63) is 105 Å². The quantitative estimate of drug-likeness (QED) is 0.268. The van der Waals surface area contributed by atoms with Crippen molar-refractivity contribution < 1.29 is 14.6 Å². The van der Waals surface area contributed by atoms with Crippen molar-refractivity contribution >= 4 is 40.7 Å². The maximum atomic E-state index is 13.5. The molecule has 0 radical (unpaired) electrons. The summed E-state index contributed by atoms with van der Waals surface area (Å²) in [7, 11) is 1.71. The Bertz CT molecular complexity index is 1340. The fraction of sp³-hybridized carbons (Fsp3) is 0.148. The van der Waals surface area contributed by atoms with Crippen molar-refractivity contribution in [3.8, 4) is 22.9 Å². The van der Waals surface area contributed by atoms with Crippen molar-refractivity contribution in [1.82, 2.24) is 15.1 Å². The van der Waals surface area contributed by atoms with Crippen LogP contribution >= 0.6 is 34.8 Å². The van der Waals surface area contributed by atoms with Gasteiger partial charge in [0.05, 0.1) is 22.3 Å². The predicted octanol–water partition coefficient (Wildman–Crippen LogP) is 6.70. The highest BCUT2D eigenvalue weighted by Crippen LogP contribution is 2.36. The molecule has 6 nitrogen and oxygen atoms in total. The lowest BCUT2D eigenvalue weighted by Crippen LogP contribution is -2.27. The van der Waals surface area contributed by atoms with Crippen molar-refractivity contribution in [3.63, 3.8) is 0 Å². The van der Waals surface area contributed by atoms with Gasteiger partial charge in [-0.05, 0) is 41.5 Å². The van der Waals surface area contributed by atoms with Crippen LogP contribution < -0.4 is 4.74 Å². The molecule has 3 aromatic carbocycles. The number of ether oxygens (including phenoxy) is 1. The predicted molar refractivity (Wildman–Crippen MR) is 142 cm³/mol. The van der Waals surface area contributed by atoms with E-state index in [1.165, 1.54) is 12.1 Å². The average molecular weight is 543 g/mol. The first-order valence-corrected chi connectivity index (χ1v) is 12.2. The molecular formula is C27H22Cl3N3O3. The Hall–Kier alpha value is -3.32. The van der Waals surface area contributed by atoms with Crippen molar-refractivity contribution in [2.75, 3.05) is 13.7 Å². The van der Waals surface area contributed by atoms with Crippen LogP contribution in [0.15, 0.2) is 72.8 Å². The topological polar surface area (TPSA) is 75.6 Å². The van der Waals surface area contributed by atoms with Crippen LogP contribution in [0.2, 0.25) is 15.1 Å². The fourth-order valence-corrected chi connectivity index (χ4v) is 4.16. The van der Waals surface area contributed by atoms with Gasteiger partial charge in [-0.25, -0.2) is 0 Å². The first kappa shape index (κ1) is 25.8. The van der Waals surface area contributed by atoms with E-state index in [1.807, 2.05) is 54.6 Å². The third kappa shape index (κ3) is 6.26. The molecule has 0 saturated heterocycles. The number of benzene rings is 3. The fourth-order valence-electron chi connectivity index (χ4n) is 3.55. The molecule has 0 bridgehead atoms. The summed E-state index contributed by atoms with van der Waals surface area (Å²) in [5.41, 5.74) is 3.13. The van der Waals surface area contributed by atoms with E-state index in [0.717, 1.165) is 11.1 Å². The molecule has 36 heavy (non-hydrogen) atoms. The van der Waals surface area contributed by atoms with E-state index in [0.29, 0.717) is 29.2 Å². The number of aromatic nitrogens is 2. The zero-order chi connectivity index (χ0) is 25.7. The smallest absolute Gasteiger partial charge is 0.259 e. The van der Waals surface area contributed by atoms with Crippen molar-refractivity contribution in [2.45, 2.75) is 13.0 Å². The van der Waals surface area contributed by atoms with Gasteiger partial charge in [0.1, 0.15) is 5.56 Å². The number of phenols is 1. The van der Waals surface area contributed by atoms with Crippen LogP contribution in [0.5, 0.6) is 11.6 Å². The molecule has 0 unspecified atom stereocenters. The molecule has 1 heterocycles. The molecule has 1 amide bonds. The maximum absolute atomic E-state index is 13.5. The van der Waals surface area contributed by atoms with E-state index >= 15 is 0 Å². The van der Waals surface area contributed by atoms with Gasteiger partial charge in [0.25, 0.3) is 5.91 Å². The molecular weight excluding hydrogens is 521 g/mol. The number of phenolic OH excluding ortho intramolecular Hbond substituents is 1. The molecule has 0 aliphatic heterocycles. The first-order valence-electron chi connectivity index (χ1n) is 11.0. The number of aromatic hydroxyl groups is 1. The van der Waals surface area contributed by atoms with E-state index in [2.05, 4.69) is 10.2 Å². The summed E-state index contributed by atoms with van der Waals surface area (Å²) < 4.78 is 5.90. The van der Waals surface area contributed by atoms with Crippen LogP contribution in [-0.2, 0) is 13.0 Å². The largest absolute Gasteiger partial charge is 0.505 e. The molecule has 0 aliphatic carbocycles. The van der Waals surface area contributed by atoms with Gasteiger partial charge >= 0.3 is 0 Å². The van der Waals surface area contributed by atoms with E-state index in [4.69, 9.17) is 39.5 Å². The van der Waals surface area contributed by atoms with Crippen molar-refractivity contribution in [1.29, 1.82) is 0 Å². The van der Waals surface area contributed by atoms with E-state index in [1.54, 1.807) is 18.0 Å². The Morgan fingerprint density at radius 1 is 0.917 bits per heavy atom. The van der Waals surface area contributed by atoms with Gasteiger partial charge in [-0.3, -0.25) is 4.79 Å². The zero-order valence-electron chi connectivity index (χ0n) is 19.3. The molecule has 1 aromatic heterocycles. The molecule has 4 rings (SSSR count). The lowest BCUT2D eigenvalue weighted by Gasteiger charge is -2.19. The second-order valence-electron chi connectivity index (χ2n) is 8.11.